The van der Waals surface area contributed by atoms with Crippen molar-refractivity contribution in [1.82, 2.24) is 5.32 Å². The maximum Gasteiger partial charge on any atom is 0.334 e. The minimum Gasteiger partial charge on any atom is -0.479 e. The van der Waals surface area contributed by atoms with E-state index in [-0.39, 0.29) is 31.2 Å². The van der Waals surface area contributed by atoms with Gasteiger partial charge in [-0.15, -0.1) is 0 Å². The Labute approximate surface area is 126 Å². The number of aliphatic carboxylic acids is 1. The van der Waals surface area contributed by atoms with E-state index in [1.54, 1.807) is 0 Å². The van der Waals surface area contributed by atoms with Crippen LogP contribution in [0.2, 0.25) is 20.1 Å². The minimum absolute atomic E-state index is 0.177. The number of carbonyl (C=O) groups is 3. The molecule has 5 nitrogen and oxygen atoms in total. The maximum atomic E-state index is 12.0. The van der Waals surface area contributed by atoms with Gasteiger partial charge in [-0.05, 0) is 0 Å². The van der Waals surface area contributed by atoms with Gasteiger partial charge in [0.15, 0.2) is 11.8 Å². The molecule has 0 saturated heterocycles. The fraction of sp³-hybridized carbons (Fsp3) is 0.100. The lowest BCUT2D eigenvalue weighted by Crippen LogP contribution is -2.51. The van der Waals surface area contributed by atoms with Crippen LogP contribution < -0.4 is 5.32 Å². The predicted molar refractivity (Wildman–Crippen MR) is 69.7 cm³/mol. The normalized spacial score (nSPS) is 18.0. The summed E-state index contributed by atoms with van der Waals surface area (Å²) in [6.45, 7) is 0. The van der Waals surface area contributed by atoms with E-state index in [1.165, 1.54) is 0 Å². The predicted octanol–water partition coefficient (Wildman–Crippen LogP) is 2.68. The second-order valence-corrected chi connectivity index (χ2v) is 5.13. The Kier molecular flexibility index (Phi) is 3.66. The lowest BCUT2D eigenvalue weighted by Gasteiger charge is -2.24. The van der Waals surface area contributed by atoms with E-state index in [0.717, 1.165) is 0 Å². The van der Waals surface area contributed by atoms with Gasteiger partial charge in [0.25, 0.3) is 5.91 Å². The average molecular weight is 343 g/mol. The monoisotopic (exact) mass is 341 g/mol. The molecule has 0 radical (unpaired) electrons. The summed E-state index contributed by atoms with van der Waals surface area (Å²) in [5.74, 6) is -3.28. The number of carboxylic acid groups (broad SMARTS) is 1. The van der Waals surface area contributed by atoms with Crippen LogP contribution in [0.4, 0.5) is 0 Å². The second kappa shape index (κ2) is 4.83. The number of fused-ring (bicyclic) bond motifs is 1. The molecule has 1 unspecified atom stereocenters. The lowest BCUT2D eigenvalue weighted by molar-refractivity contribution is -0.137. The number of ketones is 1. The zero-order valence-corrected chi connectivity index (χ0v) is 11.8. The van der Waals surface area contributed by atoms with Crippen molar-refractivity contribution in [3.05, 3.63) is 31.2 Å². The zero-order chi connectivity index (χ0) is 14.5. The number of amides is 1. The molecular formula is C10H3Cl4NO4. The van der Waals surface area contributed by atoms with E-state index in [2.05, 4.69) is 0 Å². The van der Waals surface area contributed by atoms with Gasteiger partial charge in [-0.1, -0.05) is 46.4 Å². The third-order valence-electron chi connectivity index (χ3n) is 2.53. The van der Waals surface area contributed by atoms with Crippen molar-refractivity contribution in [1.29, 1.82) is 0 Å². The van der Waals surface area contributed by atoms with Gasteiger partial charge in [-0.3, -0.25) is 9.59 Å². The van der Waals surface area contributed by atoms with Crippen molar-refractivity contribution in [2.75, 3.05) is 0 Å². The Bertz CT molecular complexity index is 643. The van der Waals surface area contributed by atoms with Crippen molar-refractivity contribution in [2.24, 2.45) is 0 Å². The molecule has 9 heteroatoms. The smallest absolute Gasteiger partial charge is 0.334 e. The molecule has 2 rings (SSSR count). The van der Waals surface area contributed by atoms with Crippen LogP contribution in [0.1, 0.15) is 20.7 Å². The van der Waals surface area contributed by atoms with E-state index < -0.39 is 23.7 Å². The number of carboxylic acids is 1. The lowest BCUT2D eigenvalue weighted by atomic mass is 9.93. The summed E-state index contributed by atoms with van der Waals surface area (Å²) < 4.78 is 0. The molecule has 2 N–H and O–H groups in total. The molecule has 1 aromatic carbocycles. The number of carbonyl (C=O) groups excluding carboxylic acids is 2. The summed E-state index contributed by atoms with van der Waals surface area (Å²) >= 11 is 23.2. The summed E-state index contributed by atoms with van der Waals surface area (Å²) in [6, 6.07) is -1.73. The fourth-order valence-corrected chi connectivity index (χ4v) is 2.69. The van der Waals surface area contributed by atoms with Gasteiger partial charge in [0, 0.05) is 0 Å². The van der Waals surface area contributed by atoms with Crippen LogP contribution in [0.3, 0.4) is 0 Å². The molecule has 0 bridgehead atoms. The summed E-state index contributed by atoms with van der Waals surface area (Å²) in [7, 11) is 0. The standard InChI is InChI=1S/C10H3Cl4NO4/c11-3-1-2(4(12)6(14)5(3)13)9(17)15-7(8(1)16)10(18)19/h7H,(H,15,17)(H,18,19). The number of Topliss-reactive ketones (excluding diaryl/α,β-unsaturated/α-hetero) is 1. The van der Waals surface area contributed by atoms with Gasteiger partial charge in [0.2, 0.25) is 0 Å². The van der Waals surface area contributed by atoms with Crippen molar-refractivity contribution in [2.45, 2.75) is 6.04 Å². The highest BCUT2D eigenvalue weighted by atomic mass is 35.5. The quantitative estimate of drug-likeness (QED) is 0.467. The van der Waals surface area contributed by atoms with E-state index in [1.807, 2.05) is 5.32 Å². The van der Waals surface area contributed by atoms with Crippen LogP contribution >= 0.6 is 46.4 Å². The molecular weight excluding hydrogens is 340 g/mol. The third kappa shape index (κ3) is 2.07. The van der Waals surface area contributed by atoms with Crippen LogP contribution in [0.15, 0.2) is 0 Å². The number of nitrogens with one attached hydrogen (secondary N) is 1. The molecule has 1 aliphatic rings. The minimum atomic E-state index is -1.73. The van der Waals surface area contributed by atoms with E-state index in [9.17, 15) is 14.4 Å². The Morgan fingerprint density at radius 1 is 0.947 bits per heavy atom. The maximum absolute atomic E-state index is 12.0. The number of hydrogen-bond donors (Lipinski definition) is 2. The van der Waals surface area contributed by atoms with Crippen LogP contribution in [0, 0.1) is 0 Å². The molecule has 100 valence electrons. The Hall–Kier alpha value is -1.01. The Morgan fingerprint density at radius 2 is 1.42 bits per heavy atom. The molecule has 1 amide bonds. The van der Waals surface area contributed by atoms with Crippen molar-refractivity contribution in [3.63, 3.8) is 0 Å². The summed E-state index contributed by atoms with van der Waals surface area (Å²) in [5.41, 5.74) is -0.610. The van der Waals surface area contributed by atoms with E-state index >= 15 is 0 Å². The topological polar surface area (TPSA) is 83.5 Å². The van der Waals surface area contributed by atoms with Crippen LogP contribution in [-0.4, -0.2) is 28.8 Å². The molecule has 0 fully saturated rings. The first-order valence-electron chi connectivity index (χ1n) is 4.71. The molecule has 0 aliphatic carbocycles. The molecule has 1 aliphatic heterocycles. The van der Waals surface area contributed by atoms with Gasteiger partial charge in [0.1, 0.15) is 0 Å². The number of hydrogen-bond acceptors (Lipinski definition) is 3. The van der Waals surface area contributed by atoms with Crippen LogP contribution in [-0.2, 0) is 4.79 Å². The van der Waals surface area contributed by atoms with Gasteiger partial charge < -0.3 is 10.4 Å². The molecule has 0 saturated carbocycles. The van der Waals surface area contributed by atoms with Crippen molar-refractivity contribution < 1.29 is 19.5 Å². The molecule has 19 heavy (non-hydrogen) atoms. The fourth-order valence-electron chi connectivity index (χ4n) is 1.66. The average Bonchev–Trinajstić information content (AvgIpc) is 2.35. The van der Waals surface area contributed by atoms with Crippen molar-refractivity contribution in [3.8, 4) is 0 Å². The number of benzene rings is 1. The van der Waals surface area contributed by atoms with E-state index in [4.69, 9.17) is 51.5 Å². The van der Waals surface area contributed by atoms with Crippen LogP contribution in [0.5, 0.6) is 0 Å². The van der Waals surface area contributed by atoms with E-state index in [0.29, 0.717) is 0 Å². The largest absolute Gasteiger partial charge is 0.479 e. The van der Waals surface area contributed by atoms with Gasteiger partial charge in [-0.25, -0.2) is 4.79 Å². The first kappa shape index (κ1) is 14.4. The van der Waals surface area contributed by atoms with Gasteiger partial charge in [-0.2, -0.15) is 0 Å². The first-order chi connectivity index (χ1) is 8.77. The second-order valence-electron chi connectivity index (χ2n) is 3.61. The molecule has 1 atom stereocenters. The molecule has 1 heterocycles. The van der Waals surface area contributed by atoms with Gasteiger partial charge in [0.05, 0.1) is 31.2 Å². The zero-order valence-electron chi connectivity index (χ0n) is 8.76. The third-order valence-corrected chi connectivity index (χ3v) is 4.33. The Balaban J connectivity index is 2.81. The van der Waals surface area contributed by atoms with Crippen LogP contribution in [0.25, 0.3) is 0 Å². The highest BCUT2D eigenvalue weighted by Crippen LogP contribution is 2.42. The number of halogens is 4. The SMILES string of the molecule is O=C1NC(C(=O)O)C(=O)c2c(Cl)c(Cl)c(Cl)c(Cl)c21. The van der Waals surface area contributed by atoms with Gasteiger partial charge >= 0.3 is 5.97 Å². The summed E-state index contributed by atoms with van der Waals surface area (Å²) in [4.78, 5) is 34.7. The number of rotatable bonds is 1. The molecule has 0 spiro atoms. The highest BCUT2D eigenvalue weighted by molar-refractivity contribution is 6.54. The summed E-state index contributed by atoms with van der Waals surface area (Å²) in [5, 5.41) is 9.94. The van der Waals surface area contributed by atoms with Crippen molar-refractivity contribution >= 4 is 64.1 Å². The summed E-state index contributed by atoms with van der Waals surface area (Å²) in [6.07, 6.45) is 0. The molecule has 0 aromatic heterocycles. The highest BCUT2D eigenvalue weighted by Gasteiger charge is 2.41. The molecule has 1 aromatic rings. The Morgan fingerprint density at radius 3 is 1.89 bits per heavy atom. The first-order valence-corrected chi connectivity index (χ1v) is 6.22.